The largest absolute Gasteiger partial charge is 0.394 e. The Labute approximate surface area is 236 Å². The van der Waals surface area contributed by atoms with Gasteiger partial charge in [0, 0.05) is 50.3 Å². The second-order valence-electron chi connectivity index (χ2n) is 10.8. The Bertz CT molecular complexity index is 1310. The van der Waals surface area contributed by atoms with Crippen LogP contribution in [0.2, 0.25) is 5.02 Å². The number of pyridine rings is 2. The van der Waals surface area contributed by atoms with Gasteiger partial charge in [-0.15, -0.1) is 0 Å². The number of aliphatic hydroxyl groups is 1. The lowest BCUT2D eigenvalue weighted by atomic mass is 9.86. The van der Waals surface area contributed by atoms with Gasteiger partial charge in [-0.3, -0.25) is 9.78 Å². The van der Waals surface area contributed by atoms with Crippen molar-refractivity contribution in [3.05, 3.63) is 81.8 Å². The quantitative estimate of drug-likeness (QED) is 0.476. The van der Waals surface area contributed by atoms with E-state index in [1.807, 2.05) is 42.2 Å². The summed E-state index contributed by atoms with van der Waals surface area (Å²) in [5.41, 5.74) is 5.83. The molecule has 1 aromatic carbocycles. The topological polar surface area (TPSA) is 72.8 Å². The Kier molecular flexibility index (Phi) is 8.38. The van der Waals surface area contributed by atoms with Gasteiger partial charge < -0.3 is 19.8 Å². The zero-order valence-electron chi connectivity index (χ0n) is 23.1. The summed E-state index contributed by atoms with van der Waals surface area (Å²) in [5.74, 6) is 1.40. The van der Waals surface area contributed by atoms with Crippen LogP contribution in [0, 0.1) is 26.7 Å². The molecule has 1 amide bonds. The number of benzene rings is 1. The summed E-state index contributed by atoms with van der Waals surface area (Å²) in [6.07, 6.45) is 4.79. The second-order valence-corrected chi connectivity index (χ2v) is 11.2. The molecular weight excluding hydrogens is 510 g/mol. The average Bonchev–Trinajstić information content (AvgIpc) is 2.96. The SMILES string of the molecule is Cc1nc(C)c(C(=O)N2CCN(c3ccccc3)[C@H](CO)C2)c(C)c1CC1CCN(c2ncccc2Cl)CC1. The molecule has 8 heteroatoms. The maximum absolute atomic E-state index is 13.9. The standard InChI is InChI=1S/C31H38ClN5O2/c1-21-27(18-24-11-14-35(15-12-24)30-28(32)10-7-13-33-30)22(2)34-23(3)29(21)31(39)36-16-17-37(26(19-36)20-38)25-8-5-4-6-9-25/h4-10,13,24,26,38H,11-12,14-20H2,1-3H3/t26-/m0/s1. The van der Waals surface area contributed by atoms with Crippen LogP contribution in [0.1, 0.15) is 45.7 Å². The van der Waals surface area contributed by atoms with Crippen molar-refractivity contribution in [2.45, 2.75) is 46.1 Å². The number of amides is 1. The van der Waals surface area contributed by atoms with Gasteiger partial charge in [-0.2, -0.15) is 0 Å². The van der Waals surface area contributed by atoms with Crippen LogP contribution in [0.15, 0.2) is 48.7 Å². The summed E-state index contributed by atoms with van der Waals surface area (Å²) < 4.78 is 0. The van der Waals surface area contributed by atoms with E-state index in [4.69, 9.17) is 16.6 Å². The second kappa shape index (κ2) is 11.9. The molecule has 7 nitrogen and oxygen atoms in total. The van der Waals surface area contributed by atoms with Gasteiger partial charge in [0.25, 0.3) is 5.91 Å². The first-order chi connectivity index (χ1) is 18.9. The van der Waals surface area contributed by atoms with Gasteiger partial charge in [0.15, 0.2) is 0 Å². The van der Waals surface area contributed by atoms with E-state index >= 15 is 0 Å². The van der Waals surface area contributed by atoms with Crippen molar-refractivity contribution >= 4 is 29.0 Å². The minimum absolute atomic E-state index is 0.00352. The molecule has 0 saturated carbocycles. The first-order valence-corrected chi connectivity index (χ1v) is 14.3. The molecule has 1 atom stereocenters. The smallest absolute Gasteiger partial charge is 0.256 e. The van der Waals surface area contributed by atoms with Gasteiger partial charge in [0.1, 0.15) is 5.82 Å². The average molecular weight is 548 g/mol. The fourth-order valence-corrected chi connectivity index (χ4v) is 6.49. The molecule has 2 fully saturated rings. The zero-order valence-corrected chi connectivity index (χ0v) is 23.9. The number of hydrogen-bond donors (Lipinski definition) is 1. The predicted molar refractivity (Wildman–Crippen MR) is 157 cm³/mol. The van der Waals surface area contributed by atoms with Crippen molar-refractivity contribution in [1.82, 2.24) is 14.9 Å². The summed E-state index contributed by atoms with van der Waals surface area (Å²) in [7, 11) is 0. The maximum Gasteiger partial charge on any atom is 0.256 e. The summed E-state index contributed by atoms with van der Waals surface area (Å²) in [6, 6.07) is 13.7. The maximum atomic E-state index is 13.9. The van der Waals surface area contributed by atoms with Gasteiger partial charge >= 0.3 is 0 Å². The van der Waals surface area contributed by atoms with Crippen molar-refractivity contribution in [3.63, 3.8) is 0 Å². The number of aliphatic hydroxyl groups excluding tert-OH is 1. The van der Waals surface area contributed by atoms with Crippen LogP contribution in [0.3, 0.4) is 0 Å². The lowest BCUT2D eigenvalue weighted by Crippen LogP contribution is -2.56. The third-order valence-electron chi connectivity index (χ3n) is 8.39. The van der Waals surface area contributed by atoms with Crippen LogP contribution in [-0.4, -0.2) is 71.3 Å². The third kappa shape index (κ3) is 5.75. The first-order valence-electron chi connectivity index (χ1n) is 13.9. The number of aromatic nitrogens is 2. The van der Waals surface area contributed by atoms with Gasteiger partial charge in [-0.05, 0) is 81.3 Å². The van der Waals surface area contributed by atoms with Crippen molar-refractivity contribution < 1.29 is 9.90 Å². The van der Waals surface area contributed by atoms with Crippen molar-refractivity contribution in [1.29, 1.82) is 0 Å². The lowest BCUT2D eigenvalue weighted by Gasteiger charge is -2.42. The summed E-state index contributed by atoms with van der Waals surface area (Å²) in [5, 5.41) is 10.9. The molecule has 2 aliphatic heterocycles. The van der Waals surface area contributed by atoms with E-state index in [0.29, 0.717) is 30.6 Å². The van der Waals surface area contributed by atoms with E-state index in [-0.39, 0.29) is 18.6 Å². The Morgan fingerprint density at radius 3 is 2.44 bits per heavy atom. The van der Waals surface area contributed by atoms with Crippen LogP contribution in [0.5, 0.6) is 0 Å². The van der Waals surface area contributed by atoms with Crippen molar-refractivity contribution in [2.75, 3.05) is 49.1 Å². The molecule has 5 rings (SSSR count). The van der Waals surface area contributed by atoms with Gasteiger partial charge in [-0.25, -0.2) is 4.98 Å². The molecule has 2 aromatic heterocycles. The molecule has 4 heterocycles. The molecule has 0 spiro atoms. The fourth-order valence-electron chi connectivity index (χ4n) is 6.25. The molecule has 3 aromatic rings. The minimum atomic E-state index is -0.138. The van der Waals surface area contributed by atoms with Crippen molar-refractivity contribution in [2.24, 2.45) is 5.92 Å². The number of hydrogen-bond acceptors (Lipinski definition) is 6. The zero-order chi connectivity index (χ0) is 27.5. The number of halogens is 1. The lowest BCUT2D eigenvalue weighted by molar-refractivity contribution is 0.0697. The Morgan fingerprint density at radius 1 is 1.00 bits per heavy atom. The van der Waals surface area contributed by atoms with Crippen LogP contribution < -0.4 is 9.80 Å². The predicted octanol–water partition coefficient (Wildman–Crippen LogP) is 4.84. The van der Waals surface area contributed by atoms with Gasteiger partial charge in [-0.1, -0.05) is 29.8 Å². The molecule has 2 saturated heterocycles. The highest BCUT2D eigenvalue weighted by atomic mass is 35.5. The molecule has 206 valence electrons. The van der Waals surface area contributed by atoms with Crippen LogP contribution in [0.25, 0.3) is 0 Å². The van der Waals surface area contributed by atoms with E-state index in [9.17, 15) is 9.90 Å². The number of rotatable bonds is 6. The Morgan fingerprint density at radius 2 is 1.74 bits per heavy atom. The molecular formula is C31H38ClN5O2. The summed E-state index contributed by atoms with van der Waals surface area (Å²) in [4.78, 5) is 29.6. The number of carbonyl (C=O) groups excluding carboxylic acids is 1. The van der Waals surface area contributed by atoms with E-state index in [2.05, 4.69) is 40.8 Å². The van der Waals surface area contributed by atoms with Gasteiger partial charge in [0.05, 0.1) is 28.9 Å². The highest BCUT2D eigenvalue weighted by Crippen LogP contribution is 2.31. The third-order valence-corrected chi connectivity index (χ3v) is 8.68. The number of para-hydroxylation sites is 1. The monoisotopic (exact) mass is 547 g/mol. The normalized spacial score (nSPS) is 18.5. The van der Waals surface area contributed by atoms with Gasteiger partial charge in [0.2, 0.25) is 0 Å². The highest BCUT2D eigenvalue weighted by molar-refractivity contribution is 6.32. The minimum Gasteiger partial charge on any atom is -0.394 e. The number of aryl methyl sites for hydroxylation is 2. The summed E-state index contributed by atoms with van der Waals surface area (Å²) >= 11 is 6.38. The Balaban J connectivity index is 1.30. The Hall–Kier alpha value is -3.16. The van der Waals surface area contributed by atoms with Crippen LogP contribution in [0.4, 0.5) is 11.5 Å². The molecule has 0 aliphatic carbocycles. The fraction of sp³-hybridized carbons (Fsp3) is 0.452. The van der Waals surface area contributed by atoms with E-state index in [0.717, 1.165) is 66.4 Å². The van der Waals surface area contributed by atoms with E-state index in [1.165, 1.54) is 5.56 Å². The highest BCUT2D eigenvalue weighted by Gasteiger charge is 2.32. The number of piperidine rings is 1. The molecule has 0 radical (unpaired) electrons. The molecule has 39 heavy (non-hydrogen) atoms. The number of nitrogens with zero attached hydrogens (tertiary/aromatic N) is 5. The number of anilines is 2. The van der Waals surface area contributed by atoms with Crippen LogP contribution in [-0.2, 0) is 6.42 Å². The van der Waals surface area contributed by atoms with E-state index < -0.39 is 0 Å². The van der Waals surface area contributed by atoms with E-state index in [1.54, 1.807) is 6.20 Å². The first kappa shape index (κ1) is 27.4. The number of piperazine rings is 1. The molecule has 2 aliphatic rings. The van der Waals surface area contributed by atoms with Crippen LogP contribution >= 0.6 is 11.6 Å². The van der Waals surface area contributed by atoms with Crippen molar-refractivity contribution in [3.8, 4) is 0 Å². The number of carbonyl (C=O) groups is 1. The molecule has 0 bridgehead atoms. The molecule has 0 unspecified atom stereocenters. The molecule has 1 N–H and O–H groups in total. The summed E-state index contributed by atoms with van der Waals surface area (Å²) in [6.45, 7) is 9.69.